The van der Waals surface area contributed by atoms with Gasteiger partial charge in [0, 0.05) is 43.2 Å². The van der Waals surface area contributed by atoms with Crippen LogP contribution in [0, 0.1) is 0 Å². The van der Waals surface area contributed by atoms with Crippen molar-refractivity contribution in [1.29, 1.82) is 0 Å². The van der Waals surface area contributed by atoms with E-state index in [1.165, 1.54) is 24.0 Å². The van der Waals surface area contributed by atoms with Crippen LogP contribution in [0.15, 0.2) is 48.5 Å². The van der Waals surface area contributed by atoms with Crippen LogP contribution in [-0.4, -0.2) is 31.4 Å². The Morgan fingerprint density at radius 1 is 1.03 bits per heavy atom. The third-order valence-electron chi connectivity index (χ3n) is 5.91. The molecule has 0 radical (unpaired) electrons. The van der Waals surface area contributed by atoms with Crippen LogP contribution < -0.4 is 19.7 Å². The first-order valence-electron chi connectivity index (χ1n) is 10.5. The van der Waals surface area contributed by atoms with E-state index in [2.05, 4.69) is 59.6 Å². The first kappa shape index (κ1) is 18.3. The van der Waals surface area contributed by atoms with Crippen LogP contribution in [0.4, 0.5) is 5.82 Å². The minimum absolute atomic E-state index is 0.288. The van der Waals surface area contributed by atoms with Gasteiger partial charge in [-0.05, 0) is 36.5 Å². The molecule has 29 heavy (non-hydrogen) atoms. The molecule has 2 aliphatic heterocycles. The van der Waals surface area contributed by atoms with E-state index < -0.39 is 0 Å². The summed E-state index contributed by atoms with van der Waals surface area (Å²) in [6.07, 6.45) is 2.47. The van der Waals surface area contributed by atoms with Crippen molar-refractivity contribution in [1.82, 2.24) is 10.3 Å². The molecule has 0 spiro atoms. The monoisotopic (exact) mass is 389 g/mol. The number of hydrogen-bond donors (Lipinski definition) is 1. The van der Waals surface area contributed by atoms with Crippen molar-refractivity contribution in [3.63, 3.8) is 0 Å². The second-order valence-electron chi connectivity index (χ2n) is 8.01. The Balaban J connectivity index is 1.40. The highest BCUT2D eigenvalue weighted by Gasteiger charge is 2.21. The SMILES string of the molecule is CC(CNCc1cc2cc3c(cc2nc1N1CCCC1)OCO3)c1ccccc1. The Hall–Kier alpha value is -2.79. The van der Waals surface area contributed by atoms with Gasteiger partial charge in [-0.15, -0.1) is 0 Å². The van der Waals surface area contributed by atoms with Crippen molar-refractivity contribution in [2.75, 3.05) is 31.3 Å². The Morgan fingerprint density at radius 2 is 1.79 bits per heavy atom. The minimum atomic E-state index is 0.288. The highest BCUT2D eigenvalue weighted by atomic mass is 16.7. The van der Waals surface area contributed by atoms with E-state index in [1.54, 1.807) is 0 Å². The average molecular weight is 389 g/mol. The van der Waals surface area contributed by atoms with Crippen molar-refractivity contribution in [3.8, 4) is 11.5 Å². The van der Waals surface area contributed by atoms with Crippen LogP contribution in [0.25, 0.3) is 10.9 Å². The van der Waals surface area contributed by atoms with Crippen molar-refractivity contribution < 1.29 is 9.47 Å². The molecule has 5 heteroatoms. The van der Waals surface area contributed by atoms with Crippen LogP contribution in [0.5, 0.6) is 11.5 Å². The summed E-state index contributed by atoms with van der Waals surface area (Å²) in [6.45, 7) is 6.45. The Bertz CT molecular complexity index is 1000. The van der Waals surface area contributed by atoms with Gasteiger partial charge in [-0.3, -0.25) is 0 Å². The molecule has 1 aromatic heterocycles. The van der Waals surface area contributed by atoms with Crippen molar-refractivity contribution in [2.24, 2.45) is 0 Å². The predicted molar refractivity (Wildman–Crippen MR) is 116 cm³/mol. The summed E-state index contributed by atoms with van der Waals surface area (Å²) in [5.74, 6) is 3.17. The minimum Gasteiger partial charge on any atom is -0.454 e. The predicted octanol–water partition coefficient (Wildman–Crippen LogP) is 4.46. The molecule has 3 aromatic rings. The van der Waals surface area contributed by atoms with Gasteiger partial charge in [0.05, 0.1) is 5.52 Å². The lowest BCUT2D eigenvalue weighted by Gasteiger charge is -2.22. The van der Waals surface area contributed by atoms with Crippen LogP contribution in [-0.2, 0) is 6.54 Å². The molecule has 1 N–H and O–H groups in total. The lowest BCUT2D eigenvalue weighted by Crippen LogP contribution is -2.24. The molecule has 0 aliphatic carbocycles. The molecule has 1 fully saturated rings. The number of nitrogens with zero attached hydrogens (tertiary/aromatic N) is 2. The molecule has 2 aliphatic rings. The quantitative estimate of drug-likeness (QED) is 0.675. The fraction of sp³-hybridized carbons (Fsp3) is 0.375. The van der Waals surface area contributed by atoms with Gasteiger partial charge in [-0.1, -0.05) is 37.3 Å². The Labute approximate surface area is 171 Å². The van der Waals surface area contributed by atoms with Crippen LogP contribution >= 0.6 is 0 Å². The van der Waals surface area contributed by atoms with E-state index in [0.29, 0.717) is 5.92 Å². The molecule has 150 valence electrons. The maximum absolute atomic E-state index is 5.56. The van der Waals surface area contributed by atoms with Gasteiger partial charge in [0.25, 0.3) is 0 Å². The fourth-order valence-corrected chi connectivity index (χ4v) is 4.25. The van der Waals surface area contributed by atoms with Crippen LogP contribution in [0.3, 0.4) is 0 Å². The number of fused-ring (bicyclic) bond motifs is 2. The number of benzene rings is 2. The third kappa shape index (κ3) is 3.75. The number of hydrogen-bond acceptors (Lipinski definition) is 5. The Morgan fingerprint density at radius 3 is 2.59 bits per heavy atom. The molecular formula is C24H27N3O2. The van der Waals surface area contributed by atoms with Gasteiger partial charge in [0.1, 0.15) is 5.82 Å². The largest absolute Gasteiger partial charge is 0.454 e. The standard InChI is InChI=1S/C24H27N3O2/c1-17(18-7-3-2-4-8-18)14-25-15-20-11-19-12-22-23(29-16-28-22)13-21(19)26-24(20)27-9-5-6-10-27/h2-4,7-8,11-13,17,25H,5-6,9-10,14-16H2,1H3. The van der Waals surface area contributed by atoms with E-state index in [-0.39, 0.29) is 6.79 Å². The van der Waals surface area contributed by atoms with E-state index >= 15 is 0 Å². The maximum Gasteiger partial charge on any atom is 0.231 e. The summed E-state index contributed by atoms with van der Waals surface area (Å²) in [7, 11) is 0. The summed E-state index contributed by atoms with van der Waals surface area (Å²) < 4.78 is 11.1. The van der Waals surface area contributed by atoms with Crippen LogP contribution in [0.2, 0.25) is 0 Å². The van der Waals surface area contributed by atoms with Gasteiger partial charge in [0.2, 0.25) is 6.79 Å². The zero-order valence-corrected chi connectivity index (χ0v) is 16.9. The normalized spacial score (nSPS) is 16.5. The topological polar surface area (TPSA) is 46.6 Å². The number of nitrogens with one attached hydrogen (secondary N) is 1. The smallest absolute Gasteiger partial charge is 0.231 e. The first-order chi connectivity index (χ1) is 14.3. The molecule has 1 atom stereocenters. The van der Waals surface area contributed by atoms with Gasteiger partial charge < -0.3 is 19.7 Å². The number of anilines is 1. The van der Waals surface area contributed by atoms with Crippen molar-refractivity contribution >= 4 is 16.7 Å². The number of ether oxygens (including phenoxy) is 2. The third-order valence-corrected chi connectivity index (χ3v) is 5.91. The summed E-state index contributed by atoms with van der Waals surface area (Å²) >= 11 is 0. The highest BCUT2D eigenvalue weighted by Crippen LogP contribution is 2.37. The van der Waals surface area contributed by atoms with Gasteiger partial charge in [0.15, 0.2) is 11.5 Å². The second kappa shape index (κ2) is 7.91. The van der Waals surface area contributed by atoms with Crippen molar-refractivity contribution in [2.45, 2.75) is 32.2 Å². The molecule has 3 heterocycles. The fourth-order valence-electron chi connectivity index (χ4n) is 4.25. The molecular weight excluding hydrogens is 362 g/mol. The number of aromatic nitrogens is 1. The molecule has 5 rings (SSSR count). The highest BCUT2D eigenvalue weighted by molar-refractivity contribution is 5.85. The van der Waals surface area contributed by atoms with Gasteiger partial charge >= 0.3 is 0 Å². The van der Waals surface area contributed by atoms with E-state index in [0.717, 1.165) is 54.4 Å². The average Bonchev–Trinajstić information content (AvgIpc) is 3.44. The zero-order valence-electron chi connectivity index (χ0n) is 16.9. The molecule has 0 saturated carbocycles. The summed E-state index contributed by atoms with van der Waals surface area (Å²) in [5, 5.41) is 4.76. The number of pyridine rings is 1. The Kier molecular flexibility index (Phi) is 4.98. The molecule has 1 saturated heterocycles. The molecule has 0 amide bonds. The molecule has 0 bridgehead atoms. The zero-order chi connectivity index (χ0) is 19.6. The molecule has 2 aromatic carbocycles. The lowest BCUT2D eigenvalue weighted by atomic mass is 10.0. The van der Waals surface area contributed by atoms with E-state index in [4.69, 9.17) is 14.5 Å². The summed E-state index contributed by atoms with van der Waals surface area (Å²) in [5.41, 5.74) is 3.58. The lowest BCUT2D eigenvalue weighted by molar-refractivity contribution is 0.174. The number of rotatable bonds is 6. The summed E-state index contributed by atoms with van der Waals surface area (Å²) in [6, 6.07) is 17.0. The van der Waals surface area contributed by atoms with Gasteiger partial charge in [-0.25, -0.2) is 4.98 Å². The molecule has 1 unspecified atom stereocenters. The van der Waals surface area contributed by atoms with Crippen LogP contribution in [0.1, 0.15) is 36.8 Å². The summed E-state index contributed by atoms with van der Waals surface area (Å²) in [4.78, 5) is 7.46. The molecule has 5 nitrogen and oxygen atoms in total. The van der Waals surface area contributed by atoms with E-state index in [1.807, 2.05) is 6.07 Å². The second-order valence-corrected chi connectivity index (χ2v) is 8.01. The van der Waals surface area contributed by atoms with E-state index in [9.17, 15) is 0 Å². The van der Waals surface area contributed by atoms with Crippen molar-refractivity contribution in [3.05, 3.63) is 59.7 Å². The first-order valence-corrected chi connectivity index (χ1v) is 10.5. The maximum atomic E-state index is 5.56. The van der Waals surface area contributed by atoms with Gasteiger partial charge in [-0.2, -0.15) is 0 Å².